The number of hydrogen-bond donors (Lipinski definition) is 0. The molecule has 2 heteroatoms. The number of carbonyl (C=O) groups is 2. The fourth-order valence-corrected chi connectivity index (χ4v) is 2.25. The van der Waals surface area contributed by atoms with E-state index in [9.17, 15) is 9.59 Å². The summed E-state index contributed by atoms with van der Waals surface area (Å²) in [6, 6.07) is 0. The SMILES string of the molecule is CCCCC1CCC(=O)C1C(C)=O. The predicted molar refractivity (Wildman–Crippen MR) is 51.4 cm³/mol. The lowest BCUT2D eigenvalue weighted by Crippen LogP contribution is -2.22. The summed E-state index contributed by atoms with van der Waals surface area (Å²) in [5.41, 5.74) is 0. The highest BCUT2D eigenvalue weighted by Crippen LogP contribution is 2.33. The highest BCUT2D eigenvalue weighted by atomic mass is 16.1. The highest BCUT2D eigenvalue weighted by Gasteiger charge is 2.36. The first-order chi connectivity index (χ1) is 6.16. The standard InChI is InChI=1S/C11H18O2/c1-3-4-5-9-6-7-10(13)11(9)8(2)12/h9,11H,3-7H2,1-2H3. The second-order valence-electron chi connectivity index (χ2n) is 4.00. The first kappa shape index (κ1) is 10.4. The van der Waals surface area contributed by atoms with Gasteiger partial charge < -0.3 is 0 Å². The fraction of sp³-hybridized carbons (Fsp3) is 0.818. The van der Waals surface area contributed by atoms with Crippen molar-refractivity contribution in [1.29, 1.82) is 0 Å². The number of rotatable bonds is 4. The third kappa shape index (κ3) is 2.39. The first-order valence-corrected chi connectivity index (χ1v) is 5.20. The molecule has 1 rings (SSSR count). The van der Waals surface area contributed by atoms with Gasteiger partial charge in [-0.3, -0.25) is 9.59 Å². The topological polar surface area (TPSA) is 34.1 Å². The molecule has 1 fully saturated rings. The van der Waals surface area contributed by atoms with Crippen molar-refractivity contribution in [2.75, 3.05) is 0 Å². The molecule has 2 atom stereocenters. The summed E-state index contributed by atoms with van der Waals surface area (Å²) >= 11 is 0. The number of Topliss-reactive ketones (excluding diaryl/α,β-unsaturated/α-hetero) is 2. The van der Waals surface area contributed by atoms with E-state index >= 15 is 0 Å². The average molecular weight is 182 g/mol. The van der Waals surface area contributed by atoms with Crippen LogP contribution >= 0.6 is 0 Å². The molecule has 13 heavy (non-hydrogen) atoms. The molecule has 0 aromatic carbocycles. The van der Waals surface area contributed by atoms with Crippen molar-refractivity contribution in [3.05, 3.63) is 0 Å². The van der Waals surface area contributed by atoms with Crippen LogP contribution in [0.2, 0.25) is 0 Å². The van der Waals surface area contributed by atoms with E-state index in [1.54, 1.807) is 6.92 Å². The summed E-state index contributed by atoms with van der Waals surface area (Å²) in [6.45, 7) is 3.69. The van der Waals surface area contributed by atoms with Gasteiger partial charge in [0.05, 0.1) is 5.92 Å². The Kier molecular flexibility index (Phi) is 3.64. The smallest absolute Gasteiger partial charge is 0.143 e. The molecule has 2 unspecified atom stereocenters. The van der Waals surface area contributed by atoms with Crippen molar-refractivity contribution in [1.82, 2.24) is 0 Å². The molecule has 0 amide bonds. The van der Waals surface area contributed by atoms with Crippen LogP contribution in [0.15, 0.2) is 0 Å². The third-order valence-electron chi connectivity index (χ3n) is 2.95. The molecule has 2 nitrogen and oxygen atoms in total. The van der Waals surface area contributed by atoms with Crippen LogP contribution in [0.3, 0.4) is 0 Å². The van der Waals surface area contributed by atoms with Gasteiger partial charge in [0.1, 0.15) is 11.6 Å². The normalized spacial score (nSPS) is 28.0. The van der Waals surface area contributed by atoms with Crippen molar-refractivity contribution < 1.29 is 9.59 Å². The van der Waals surface area contributed by atoms with E-state index in [2.05, 4.69) is 6.92 Å². The van der Waals surface area contributed by atoms with Gasteiger partial charge in [0, 0.05) is 6.42 Å². The molecule has 0 aliphatic heterocycles. The molecule has 0 saturated heterocycles. The summed E-state index contributed by atoms with van der Waals surface area (Å²) in [5, 5.41) is 0. The van der Waals surface area contributed by atoms with Crippen LogP contribution in [0.25, 0.3) is 0 Å². The molecular weight excluding hydrogens is 164 g/mol. The van der Waals surface area contributed by atoms with Gasteiger partial charge in [0.15, 0.2) is 0 Å². The van der Waals surface area contributed by atoms with Crippen molar-refractivity contribution in [2.24, 2.45) is 11.8 Å². The van der Waals surface area contributed by atoms with Crippen LogP contribution in [-0.2, 0) is 9.59 Å². The van der Waals surface area contributed by atoms with E-state index in [1.165, 1.54) is 0 Å². The van der Waals surface area contributed by atoms with Gasteiger partial charge in [0.2, 0.25) is 0 Å². The Labute approximate surface area is 79.7 Å². The summed E-state index contributed by atoms with van der Waals surface area (Å²) in [7, 11) is 0. The molecule has 0 heterocycles. The van der Waals surface area contributed by atoms with E-state index < -0.39 is 0 Å². The van der Waals surface area contributed by atoms with Gasteiger partial charge in [-0.25, -0.2) is 0 Å². The number of unbranched alkanes of at least 4 members (excludes halogenated alkanes) is 1. The molecular formula is C11H18O2. The molecule has 1 aliphatic rings. The zero-order valence-corrected chi connectivity index (χ0v) is 8.51. The predicted octanol–water partition coefficient (Wildman–Crippen LogP) is 2.36. The molecule has 1 aliphatic carbocycles. The van der Waals surface area contributed by atoms with Gasteiger partial charge in [-0.15, -0.1) is 0 Å². The van der Waals surface area contributed by atoms with E-state index in [1.807, 2.05) is 0 Å². The number of carbonyl (C=O) groups excluding carboxylic acids is 2. The van der Waals surface area contributed by atoms with E-state index in [4.69, 9.17) is 0 Å². The zero-order chi connectivity index (χ0) is 9.84. The minimum atomic E-state index is -0.258. The third-order valence-corrected chi connectivity index (χ3v) is 2.95. The summed E-state index contributed by atoms with van der Waals surface area (Å²) < 4.78 is 0. The monoisotopic (exact) mass is 182 g/mol. The molecule has 0 N–H and O–H groups in total. The Bertz CT molecular complexity index is 208. The van der Waals surface area contributed by atoms with E-state index in [0.717, 1.165) is 25.7 Å². The Morgan fingerprint density at radius 3 is 2.77 bits per heavy atom. The van der Waals surface area contributed by atoms with Crippen LogP contribution in [0.4, 0.5) is 0 Å². The Morgan fingerprint density at radius 1 is 1.54 bits per heavy atom. The second-order valence-corrected chi connectivity index (χ2v) is 4.00. The van der Waals surface area contributed by atoms with Crippen LogP contribution in [0, 0.1) is 11.8 Å². The lowest BCUT2D eigenvalue weighted by Gasteiger charge is -2.14. The maximum absolute atomic E-state index is 11.4. The van der Waals surface area contributed by atoms with Crippen LogP contribution in [-0.4, -0.2) is 11.6 Å². The quantitative estimate of drug-likeness (QED) is 0.625. The van der Waals surface area contributed by atoms with Gasteiger partial charge in [0.25, 0.3) is 0 Å². The lowest BCUT2D eigenvalue weighted by molar-refractivity contribution is -0.130. The summed E-state index contributed by atoms with van der Waals surface area (Å²) in [4.78, 5) is 22.6. The minimum absolute atomic E-state index is 0.0728. The molecule has 0 aromatic rings. The Hall–Kier alpha value is -0.660. The van der Waals surface area contributed by atoms with Crippen molar-refractivity contribution >= 4 is 11.6 Å². The molecule has 0 aromatic heterocycles. The number of hydrogen-bond acceptors (Lipinski definition) is 2. The minimum Gasteiger partial charge on any atom is -0.299 e. The molecule has 0 bridgehead atoms. The molecule has 1 saturated carbocycles. The largest absolute Gasteiger partial charge is 0.299 e. The lowest BCUT2D eigenvalue weighted by atomic mass is 9.88. The zero-order valence-electron chi connectivity index (χ0n) is 8.51. The highest BCUT2D eigenvalue weighted by molar-refractivity contribution is 6.03. The van der Waals surface area contributed by atoms with Crippen molar-refractivity contribution in [3.8, 4) is 0 Å². The van der Waals surface area contributed by atoms with Crippen LogP contribution in [0.5, 0.6) is 0 Å². The average Bonchev–Trinajstić information content (AvgIpc) is 2.43. The van der Waals surface area contributed by atoms with Gasteiger partial charge >= 0.3 is 0 Å². The second kappa shape index (κ2) is 4.54. The summed E-state index contributed by atoms with van der Waals surface area (Å²) in [6.07, 6.45) is 4.89. The van der Waals surface area contributed by atoms with Crippen molar-refractivity contribution in [2.45, 2.75) is 46.0 Å². The van der Waals surface area contributed by atoms with Gasteiger partial charge in [-0.05, 0) is 25.7 Å². The Balaban J connectivity index is 2.54. The van der Waals surface area contributed by atoms with Crippen molar-refractivity contribution in [3.63, 3.8) is 0 Å². The van der Waals surface area contributed by atoms with Gasteiger partial charge in [-0.2, -0.15) is 0 Å². The van der Waals surface area contributed by atoms with Crippen LogP contribution < -0.4 is 0 Å². The fourth-order valence-electron chi connectivity index (χ4n) is 2.25. The molecule has 74 valence electrons. The maximum Gasteiger partial charge on any atom is 0.143 e. The maximum atomic E-state index is 11.4. The van der Waals surface area contributed by atoms with Crippen LogP contribution in [0.1, 0.15) is 46.0 Å². The number of ketones is 2. The summed E-state index contributed by atoms with van der Waals surface area (Å²) in [5.74, 6) is 0.341. The molecule has 0 spiro atoms. The molecule has 0 radical (unpaired) electrons. The first-order valence-electron chi connectivity index (χ1n) is 5.20. The van der Waals surface area contributed by atoms with E-state index in [0.29, 0.717) is 12.3 Å². The van der Waals surface area contributed by atoms with E-state index in [-0.39, 0.29) is 17.5 Å². The Morgan fingerprint density at radius 2 is 2.23 bits per heavy atom. The van der Waals surface area contributed by atoms with Gasteiger partial charge in [-0.1, -0.05) is 19.8 Å².